The first-order valence-corrected chi connectivity index (χ1v) is 15.7. The third kappa shape index (κ3) is 5.82. The van der Waals surface area contributed by atoms with Crippen molar-refractivity contribution in [2.45, 2.75) is 57.8 Å². The van der Waals surface area contributed by atoms with Gasteiger partial charge >= 0.3 is 0 Å². The average Bonchev–Trinajstić information content (AvgIpc) is 2.91. The van der Waals surface area contributed by atoms with Crippen LogP contribution in [0.4, 0.5) is 27.7 Å². The van der Waals surface area contributed by atoms with E-state index in [1.54, 1.807) is 31.3 Å². The predicted octanol–water partition coefficient (Wildman–Crippen LogP) is 3.91. The zero-order valence-electron chi connectivity index (χ0n) is 24.5. The van der Waals surface area contributed by atoms with E-state index in [9.17, 15) is 17.9 Å². The zero-order valence-corrected chi connectivity index (χ0v) is 25.4. The molecule has 2 N–H and O–H groups in total. The molecule has 10 nitrogen and oxygen atoms in total. The van der Waals surface area contributed by atoms with Gasteiger partial charge in [-0.15, -0.1) is 0 Å². The van der Waals surface area contributed by atoms with Crippen LogP contribution in [0.3, 0.4) is 0 Å². The summed E-state index contributed by atoms with van der Waals surface area (Å²) in [4.78, 5) is 17.6. The van der Waals surface area contributed by atoms with E-state index in [2.05, 4.69) is 53.1 Å². The van der Waals surface area contributed by atoms with Crippen molar-refractivity contribution >= 4 is 44.1 Å². The number of hydrogen-bond acceptors (Lipinski definition) is 9. The van der Waals surface area contributed by atoms with Crippen LogP contribution in [0.1, 0.15) is 45.6 Å². The van der Waals surface area contributed by atoms with Crippen LogP contribution in [0.25, 0.3) is 10.8 Å². The molecule has 2 saturated heterocycles. The lowest BCUT2D eigenvalue weighted by molar-refractivity contribution is -0.00860. The van der Waals surface area contributed by atoms with E-state index in [1.807, 2.05) is 12.3 Å². The Morgan fingerprint density at radius 3 is 2.61 bits per heavy atom. The van der Waals surface area contributed by atoms with Gasteiger partial charge in [0, 0.05) is 62.6 Å². The standard InChI is InChI=1S/C29H40FN7O3S/c1-18(2)21-7-8-24(37-15-20(19(37)3)16-41(39,40)35(5)6)23-14-32-27(13-22(21)23)33-26-9-11-31-28(34-26)36-12-10-25(38)29(4,30)17-36/h7-9,11,13-14,18-20,25,38H,10,12,15-17H2,1-6H3,(H,31,32,33,34)/t19-,20-,25-,29+/m1/s1. The number of piperidine rings is 1. The molecule has 2 fully saturated rings. The molecule has 0 aliphatic carbocycles. The Morgan fingerprint density at radius 1 is 1.20 bits per heavy atom. The van der Waals surface area contributed by atoms with Crippen molar-refractivity contribution in [1.29, 1.82) is 0 Å². The van der Waals surface area contributed by atoms with Gasteiger partial charge in [-0.3, -0.25) is 0 Å². The van der Waals surface area contributed by atoms with Crippen LogP contribution in [0.2, 0.25) is 0 Å². The summed E-state index contributed by atoms with van der Waals surface area (Å²) in [5.41, 5.74) is 0.497. The van der Waals surface area contributed by atoms with Crippen molar-refractivity contribution < 1.29 is 17.9 Å². The Bertz CT molecular complexity index is 1530. The second-order valence-corrected chi connectivity index (χ2v) is 14.3. The number of fused-ring (bicyclic) bond motifs is 1. The lowest BCUT2D eigenvalue weighted by Crippen LogP contribution is -2.57. The molecular weight excluding hydrogens is 545 g/mol. The number of nitrogens with one attached hydrogen (secondary N) is 1. The van der Waals surface area contributed by atoms with Crippen LogP contribution in [-0.4, -0.2) is 90.1 Å². The molecule has 0 unspecified atom stereocenters. The summed E-state index contributed by atoms with van der Waals surface area (Å²) in [5, 5.41) is 15.3. The monoisotopic (exact) mass is 585 g/mol. The van der Waals surface area contributed by atoms with Crippen LogP contribution < -0.4 is 15.1 Å². The normalized spacial score (nSPS) is 25.2. The predicted molar refractivity (Wildman–Crippen MR) is 161 cm³/mol. The maximum atomic E-state index is 14.8. The van der Waals surface area contributed by atoms with Gasteiger partial charge in [0.05, 0.1) is 18.4 Å². The van der Waals surface area contributed by atoms with Gasteiger partial charge in [0.2, 0.25) is 16.0 Å². The minimum Gasteiger partial charge on any atom is -0.390 e. The smallest absolute Gasteiger partial charge is 0.227 e. The molecule has 1 aromatic carbocycles. The fraction of sp³-hybridized carbons (Fsp3) is 0.552. The van der Waals surface area contributed by atoms with Gasteiger partial charge in [-0.05, 0) is 55.3 Å². The number of aliphatic hydroxyl groups excluding tert-OH is 1. The van der Waals surface area contributed by atoms with E-state index in [0.717, 1.165) is 16.5 Å². The molecule has 41 heavy (non-hydrogen) atoms. The third-order valence-electron chi connectivity index (χ3n) is 8.48. The van der Waals surface area contributed by atoms with Crippen molar-refractivity contribution in [3.05, 3.63) is 42.2 Å². The summed E-state index contributed by atoms with van der Waals surface area (Å²) in [6.07, 6.45) is 2.79. The Labute approximate surface area is 241 Å². The number of aliphatic hydroxyl groups is 1. The molecule has 0 amide bonds. The number of benzene rings is 1. The van der Waals surface area contributed by atoms with Crippen molar-refractivity contribution in [1.82, 2.24) is 19.3 Å². The van der Waals surface area contributed by atoms with Crippen molar-refractivity contribution in [2.75, 3.05) is 54.6 Å². The van der Waals surface area contributed by atoms with Crippen molar-refractivity contribution in [3.8, 4) is 0 Å². The fourth-order valence-electron chi connectivity index (χ4n) is 5.70. The number of anilines is 4. The molecular formula is C29H40FN7O3S. The zero-order chi connectivity index (χ0) is 29.7. The molecule has 222 valence electrons. The highest BCUT2D eigenvalue weighted by Gasteiger charge is 2.41. The van der Waals surface area contributed by atoms with Crippen LogP contribution >= 0.6 is 0 Å². The molecule has 0 bridgehead atoms. The molecule has 0 radical (unpaired) electrons. The maximum absolute atomic E-state index is 14.8. The average molecular weight is 586 g/mol. The van der Waals surface area contributed by atoms with Gasteiger partial charge < -0.3 is 20.2 Å². The van der Waals surface area contributed by atoms with Gasteiger partial charge in [0.15, 0.2) is 5.67 Å². The molecule has 2 aromatic heterocycles. The maximum Gasteiger partial charge on any atom is 0.227 e. The van der Waals surface area contributed by atoms with Crippen LogP contribution in [0.15, 0.2) is 36.7 Å². The lowest BCUT2D eigenvalue weighted by atomic mass is 9.88. The van der Waals surface area contributed by atoms with E-state index in [-0.39, 0.29) is 30.2 Å². The highest BCUT2D eigenvalue weighted by Crippen LogP contribution is 2.40. The second kappa shape index (κ2) is 11.0. The first-order chi connectivity index (χ1) is 19.3. The first kappa shape index (κ1) is 29.4. The number of rotatable bonds is 8. The van der Waals surface area contributed by atoms with E-state index in [1.165, 1.54) is 16.8 Å². The second-order valence-electron chi connectivity index (χ2n) is 12.0. The topological polar surface area (TPSA) is 115 Å². The molecule has 2 aliphatic heterocycles. The summed E-state index contributed by atoms with van der Waals surface area (Å²) in [6, 6.07) is 8.10. The molecule has 4 heterocycles. The number of alkyl halides is 1. The first-order valence-electron chi connectivity index (χ1n) is 14.1. The van der Waals surface area contributed by atoms with E-state index in [0.29, 0.717) is 37.1 Å². The van der Waals surface area contributed by atoms with Crippen LogP contribution in [0, 0.1) is 5.92 Å². The molecule has 0 saturated carbocycles. The Hall–Kier alpha value is -3.09. The molecule has 2 aliphatic rings. The molecule has 0 spiro atoms. The summed E-state index contributed by atoms with van der Waals surface area (Å²) >= 11 is 0. The third-order valence-corrected chi connectivity index (χ3v) is 10.4. The fourth-order valence-corrected chi connectivity index (χ4v) is 6.92. The Balaban J connectivity index is 1.40. The highest BCUT2D eigenvalue weighted by atomic mass is 32.2. The number of nitrogens with zero attached hydrogens (tertiary/aromatic N) is 6. The summed E-state index contributed by atoms with van der Waals surface area (Å²) in [6.45, 7) is 8.94. The molecule has 4 atom stereocenters. The number of aromatic nitrogens is 3. The number of pyridine rings is 1. The van der Waals surface area contributed by atoms with Gasteiger partial charge in [0.25, 0.3) is 0 Å². The Morgan fingerprint density at radius 2 is 1.95 bits per heavy atom. The van der Waals surface area contributed by atoms with Gasteiger partial charge in [-0.1, -0.05) is 19.9 Å². The minimum atomic E-state index is -3.27. The summed E-state index contributed by atoms with van der Waals surface area (Å²) in [5.74, 6) is 2.03. The lowest BCUT2D eigenvalue weighted by Gasteiger charge is -2.48. The molecule has 5 rings (SSSR count). The highest BCUT2D eigenvalue weighted by molar-refractivity contribution is 7.89. The van der Waals surface area contributed by atoms with E-state index in [4.69, 9.17) is 4.98 Å². The SMILES string of the molecule is CC(C)c1ccc(N2C[C@H](CS(=O)(=O)N(C)C)[C@H]2C)c2cnc(Nc3ccnc(N4CC[C@@H](O)[C@@](C)(F)C4)n3)cc12. The number of hydrogen-bond donors (Lipinski definition) is 2. The minimum absolute atomic E-state index is 0.0171. The number of sulfonamides is 1. The summed E-state index contributed by atoms with van der Waals surface area (Å²) in [7, 11) is -0.116. The molecule has 12 heteroatoms. The van der Waals surface area contributed by atoms with Crippen molar-refractivity contribution in [3.63, 3.8) is 0 Å². The van der Waals surface area contributed by atoms with Gasteiger partial charge in [-0.25, -0.2) is 27.1 Å². The molecule has 3 aromatic rings. The largest absolute Gasteiger partial charge is 0.390 e. The summed E-state index contributed by atoms with van der Waals surface area (Å²) < 4.78 is 41.0. The van der Waals surface area contributed by atoms with E-state index < -0.39 is 21.8 Å². The van der Waals surface area contributed by atoms with E-state index >= 15 is 0 Å². The Kier molecular flexibility index (Phi) is 7.86. The van der Waals surface area contributed by atoms with Crippen LogP contribution in [0.5, 0.6) is 0 Å². The van der Waals surface area contributed by atoms with Gasteiger partial charge in [0.1, 0.15) is 11.6 Å². The van der Waals surface area contributed by atoms with Gasteiger partial charge in [-0.2, -0.15) is 4.98 Å². The van der Waals surface area contributed by atoms with Crippen molar-refractivity contribution in [2.24, 2.45) is 5.92 Å². The quantitative estimate of drug-likeness (QED) is 0.406. The van der Waals surface area contributed by atoms with Crippen LogP contribution in [-0.2, 0) is 10.0 Å². The number of halogens is 1.